The van der Waals surface area contributed by atoms with E-state index in [-0.39, 0.29) is 24.5 Å². The molecular weight excluding hydrogens is 390 g/mol. The molecule has 0 aliphatic carbocycles. The first kappa shape index (κ1) is 16.1. The Morgan fingerprint density at radius 1 is 1.57 bits per heavy atom. The minimum Gasteiger partial charge on any atom is -0.290 e. The van der Waals surface area contributed by atoms with Gasteiger partial charge in [-0.15, -0.1) is 0 Å². The Bertz CT molecular complexity index is 738. The number of amides is 1. The van der Waals surface area contributed by atoms with Gasteiger partial charge in [0.15, 0.2) is 0 Å². The van der Waals surface area contributed by atoms with Crippen LogP contribution in [0.5, 0.6) is 0 Å². The lowest BCUT2D eigenvalue weighted by Crippen LogP contribution is -2.28. The molecule has 1 aromatic heterocycles. The number of halogens is 2. The van der Waals surface area contributed by atoms with Gasteiger partial charge in [0, 0.05) is 39.9 Å². The molecule has 0 spiro atoms. The SMILES string of the molecule is Cc1c(Br)cnc(N2CC(S(=O)(=O)Cl)CC2=O)c1[N+](=O)[O-]. The van der Waals surface area contributed by atoms with Crippen LogP contribution in [0.15, 0.2) is 10.7 Å². The molecule has 1 unspecified atom stereocenters. The van der Waals surface area contributed by atoms with Gasteiger partial charge in [-0.3, -0.25) is 19.8 Å². The summed E-state index contributed by atoms with van der Waals surface area (Å²) in [4.78, 5) is 27.4. The number of rotatable bonds is 3. The van der Waals surface area contributed by atoms with Crippen LogP contribution in [0.1, 0.15) is 12.0 Å². The first-order chi connectivity index (χ1) is 9.62. The molecule has 21 heavy (non-hydrogen) atoms. The van der Waals surface area contributed by atoms with Crippen molar-refractivity contribution in [3.05, 3.63) is 26.3 Å². The van der Waals surface area contributed by atoms with Crippen molar-refractivity contribution >= 4 is 53.1 Å². The van der Waals surface area contributed by atoms with Crippen LogP contribution in [-0.4, -0.2) is 36.0 Å². The number of hydrogen-bond acceptors (Lipinski definition) is 6. The van der Waals surface area contributed by atoms with Crippen LogP contribution in [0.4, 0.5) is 11.5 Å². The van der Waals surface area contributed by atoms with Gasteiger partial charge in [0.1, 0.15) is 5.25 Å². The third-order valence-electron chi connectivity index (χ3n) is 3.15. The third kappa shape index (κ3) is 3.01. The number of nitro groups is 1. The Kier molecular flexibility index (Phi) is 4.22. The fraction of sp³-hybridized carbons (Fsp3) is 0.400. The van der Waals surface area contributed by atoms with Crippen molar-refractivity contribution in [2.45, 2.75) is 18.6 Å². The maximum absolute atomic E-state index is 11.9. The van der Waals surface area contributed by atoms with Crippen molar-refractivity contribution in [1.29, 1.82) is 0 Å². The third-order valence-corrected chi connectivity index (χ3v) is 5.82. The number of pyridine rings is 1. The van der Waals surface area contributed by atoms with Gasteiger partial charge in [0.2, 0.25) is 20.8 Å². The summed E-state index contributed by atoms with van der Waals surface area (Å²) < 4.78 is 23.1. The standard InChI is InChI=1S/C10H9BrClN3O5S/c1-5-7(11)3-13-10(9(5)15(17)18)14-4-6(2-8(14)16)21(12,19)20/h3,6H,2,4H2,1H3. The zero-order chi connectivity index (χ0) is 15.9. The topological polar surface area (TPSA) is 110 Å². The van der Waals surface area contributed by atoms with Gasteiger partial charge < -0.3 is 0 Å². The lowest BCUT2D eigenvalue weighted by atomic mass is 10.2. The van der Waals surface area contributed by atoms with E-state index in [2.05, 4.69) is 20.9 Å². The number of nitrogens with zero attached hydrogens (tertiary/aromatic N) is 3. The summed E-state index contributed by atoms with van der Waals surface area (Å²) in [6.45, 7) is 1.25. The van der Waals surface area contributed by atoms with Crippen LogP contribution < -0.4 is 4.90 Å². The smallest absolute Gasteiger partial charge is 0.290 e. The summed E-state index contributed by atoms with van der Waals surface area (Å²) >= 11 is 3.13. The van der Waals surface area contributed by atoms with Crippen LogP contribution in [0, 0.1) is 17.0 Å². The largest absolute Gasteiger partial charge is 0.316 e. The molecule has 1 saturated heterocycles. The highest BCUT2D eigenvalue weighted by atomic mass is 79.9. The predicted molar refractivity (Wildman–Crippen MR) is 78.9 cm³/mol. The van der Waals surface area contributed by atoms with Gasteiger partial charge in [-0.2, -0.15) is 0 Å². The molecule has 0 aromatic carbocycles. The molecule has 0 saturated carbocycles. The molecular formula is C10H9BrClN3O5S. The molecule has 0 radical (unpaired) electrons. The summed E-state index contributed by atoms with van der Waals surface area (Å²) in [5, 5.41) is 10.1. The average Bonchev–Trinajstić information content (AvgIpc) is 2.74. The molecule has 2 heterocycles. The van der Waals surface area contributed by atoms with E-state index in [1.54, 1.807) is 0 Å². The van der Waals surface area contributed by atoms with Crippen LogP contribution in [0.25, 0.3) is 0 Å². The fourth-order valence-corrected chi connectivity index (χ4v) is 3.36. The van der Waals surface area contributed by atoms with E-state index in [9.17, 15) is 23.3 Å². The van der Waals surface area contributed by atoms with Crippen LogP contribution in [-0.2, 0) is 13.8 Å². The van der Waals surface area contributed by atoms with Crippen molar-refractivity contribution in [3.63, 3.8) is 0 Å². The molecule has 1 atom stereocenters. The van der Waals surface area contributed by atoms with Gasteiger partial charge in [0.05, 0.1) is 4.92 Å². The zero-order valence-corrected chi connectivity index (χ0v) is 13.8. The second-order valence-electron chi connectivity index (χ2n) is 4.47. The van der Waals surface area contributed by atoms with Crippen LogP contribution in [0.2, 0.25) is 0 Å². The van der Waals surface area contributed by atoms with Gasteiger partial charge in [-0.1, -0.05) is 0 Å². The van der Waals surface area contributed by atoms with E-state index in [0.29, 0.717) is 10.0 Å². The number of carbonyl (C=O) groups excluding carboxylic acids is 1. The van der Waals surface area contributed by atoms with Crippen LogP contribution in [0.3, 0.4) is 0 Å². The summed E-state index contributed by atoms with van der Waals surface area (Å²) in [5.41, 5.74) is -0.0414. The molecule has 0 bridgehead atoms. The van der Waals surface area contributed by atoms with E-state index >= 15 is 0 Å². The number of anilines is 1. The van der Waals surface area contributed by atoms with Crippen molar-refractivity contribution in [1.82, 2.24) is 4.98 Å². The summed E-state index contributed by atoms with van der Waals surface area (Å²) in [7, 11) is 1.32. The Morgan fingerprint density at radius 3 is 2.67 bits per heavy atom. The first-order valence-electron chi connectivity index (χ1n) is 5.66. The average molecular weight is 399 g/mol. The normalized spacial score (nSPS) is 19.1. The molecule has 1 aromatic rings. The molecule has 2 rings (SSSR count). The molecule has 1 amide bonds. The van der Waals surface area contributed by atoms with E-state index in [1.165, 1.54) is 13.1 Å². The molecule has 1 fully saturated rings. The van der Waals surface area contributed by atoms with E-state index in [0.717, 1.165) is 4.90 Å². The summed E-state index contributed by atoms with van der Waals surface area (Å²) in [6.07, 6.45) is 1.01. The molecule has 114 valence electrons. The summed E-state index contributed by atoms with van der Waals surface area (Å²) in [5.74, 6) is -0.741. The lowest BCUT2D eigenvalue weighted by molar-refractivity contribution is -0.384. The highest BCUT2D eigenvalue weighted by Crippen LogP contribution is 2.36. The maximum Gasteiger partial charge on any atom is 0.316 e. The Balaban J connectivity index is 2.51. The van der Waals surface area contributed by atoms with Crippen molar-refractivity contribution in [3.8, 4) is 0 Å². The minimum atomic E-state index is -3.92. The van der Waals surface area contributed by atoms with Crippen molar-refractivity contribution in [2.75, 3.05) is 11.4 Å². The molecule has 0 N–H and O–H groups in total. The van der Waals surface area contributed by atoms with Gasteiger partial charge in [-0.25, -0.2) is 13.4 Å². The highest BCUT2D eigenvalue weighted by molar-refractivity contribution is 9.10. The highest BCUT2D eigenvalue weighted by Gasteiger charge is 2.41. The van der Waals surface area contributed by atoms with E-state index in [4.69, 9.17) is 10.7 Å². The second kappa shape index (κ2) is 5.50. The molecule has 1 aliphatic heterocycles. The van der Waals surface area contributed by atoms with Crippen molar-refractivity contribution < 1.29 is 18.1 Å². The predicted octanol–water partition coefficient (Wildman–Crippen LogP) is 1.73. The molecule has 11 heteroatoms. The molecule has 1 aliphatic rings. The van der Waals surface area contributed by atoms with Crippen LogP contribution >= 0.6 is 26.6 Å². The Labute approximate surface area is 132 Å². The number of hydrogen-bond donors (Lipinski definition) is 0. The second-order valence-corrected chi connectivity index (χ2v) is 8.23. The quantitative estimate of drug-likeness (QED) is 0.435. The van der Waals surface area contributed by atoms with Gasteiger partial charge >= 0.3 is 5.69 Å². The van der Waals surface area contributed by atoms with E-state index < -0.39 is 25.1 Å². The van der Waals surface area contributed by atoms with Crippen molar-refractivity contribution in [2.24, 2.45) is 0 Å². The minimum absolute atomic E-state index is 0.173. The number of aromatic nitrogens is 1. The zero-order valence-electron chi connectivity index (χ0n) is 10.6. The monoisotopic (exact) mass is 397 g/mol. The van der Waals surface area contributed by atoms with Gasteiger partial charge in [0.25, 0.3) is 0 Å². The summed E-state index contributed by atoms with van der Waals surface area (Å²) in [6, 6.07) is 0. The van der Waals surface area contributed by atoms with E-state index in [1.807, 2.05) is 0 Å². The maximum atomic E-state index is 11.9. The Hall–Kier alpha value is -1.26. The first-order valence-corrected chi connectivity index (χ1v) is 8.82. The fourth-order valence-electron chi connectivity index (χ4n) is 2.04. The lowest BCUT2D eigenvalue weighted by Gasteiger charge is -2.16. The Morgan fingerprint density at radius 2 is 2.19 bits per heavy atom. The number of carbonyl (C=O) groups is 1. The van der Waals surface area contributed by atoms with Gasteiger partial charge in [-0.05, 0) is 22.9 Å². The molecule has 8 nitrogen and oxygen atoms in total.